The minimum atomic E-state index is -1.15. The highest BCUT2D eigenvalue weighted by Crippen LogP contribution is 2.32. The Bertz CT molecular complexity index is 361. The lowest BCUT2D eigenvalue weighted by Crippen LogP contribution is -2.57. The summed E-state index contributed by atoms with van der Waals surface area (Å²) >= 11 is 0. The molecule has 1 heterocycles. The Morgan fingerprint density at radius 3 is 2.50 bits per heavy atom. The summed E-state index contributed by atoms with van der Waals surface area (Å²) in [7, 11) is 1.83. The molecule has 0 aromatic heterocycles. The Balaban J connectivity index is 2.33. The zero-order valence-electron chi connectivity index (χ0n) is 7.80. The molecule has 2 rings (SSSR count). The Morgan fingerprint density at radius 2 is 2.00 bits per heavy atom. The molecule has 0 saturated carbocycles. The van der Waals surface area contributed by atoms with Crippen molar-refractivity contribution in [3.8, 4) is 0 Å². The molecular weight excluding hydrogens is 188 g/mol. The largest absolute Gasteiger partial charge is 0.382 e. The summed E-state index contributed by atoms with van der Waals surface area (Å²) in [5, 5.41) is 9.92. The first-order chi connectivity index (χ1) is 6.51. The van der Waals surface area contributed by atoms with E-state index in [1.165, 1.54) is 6.07 Å². The summed E-state index contributed by atoms with van der Waals surface area (Å²) in [5.74, 6) is -1.30. The van der Waals surface area contributed by atoms with Crippen molar-refractivity contribution in [3.63, 3.8) is 0 Å². The monoisotopic (exact) mass is 199 g/mol. The van der Waals surface area contributed by atoms with Crippen LogP contribution in [-0.4, -0.2) is 30.1 Å². The highest BCUT2D eigenvalue weighted by Gasteiger charge is 2.42. The van der Waals surface area contributed by atoms with E-state index in [1.54, 1.807) is 0 Å². The van der Waals surface area contributed by atoms with Crippen LogP contribution in [0.15, 0.2) is 18.2 Å². The van der Waals surface area contributed by atoms with E-state index in [2.05, 4.69) is 0 Å². The molecule has 0 atom stereocenters. The van der Waals surface area contributed by atoms with E-state index in [-0.39, 0.29) is 5.56 Å². The van der Waals surface area contributed by atoms with Gasteiger partial charge >= 0.3 is 0 Å². The summed E-state index contributed by atoms with van der Waals surface area (Å²) < 4.78 is 25.9. The van der Waals surface area contributed by atoms with Crippen molar-refractivity contribution >= 4 is 0 Å². The third kappa shape index (κ3) is 1.40. The number of nitrogens with zero attached hydrogens (tertiary/aromatic N) is 1. The van der Waals surface area contributed by atoms with E-state index >= 15 is 0 Å². The smallest absolute Gasteiger partial charge is 0.132 e. The van der Waals surface area contributed by atoms with Gasteiger partial charge in [0.05, 0.1) is 0 Å². The summed E-state index contributed by atoms with van der Waals surface area (Å²) in [6.45, 7) is 0.769. The SMILES string of the molecule is CN1CC(O)(c2ccc(F)cc2F)C1. The van der Waals surface area contributed by atoms with Crippen molar-refractivity contribution < 1.29 is 13.9 Å². The van der Waals surface area contributed by atoms with Gasteiger partial charge in [0.15, 0.2) is 0 Å². The molecule has 1 aromatic rings. The number of likely N-dealkylation sites (tertiary alicyclic amines) is 1. The predicted octanol–water partition coefficient (Wildman–Crippen LogP) is 1.10. The fourth-order valence-electron chi connectivity index (χ4n) is 1.88. The predicted molar refractivity (Wildman–Crippen MR) is 47.8 cm³/mol. The van der Waals surface area contributed by atoms with Gasteiger partial charge < -0.3 is 5.11 Å². The van der Waals surface area contributed by atoms with Crippen molar-refractivity contribution in [2.45, 2.75) is 5.60 Å². The molecule has 1 N–H and O–H groups in total. The van der Waals surface area contributed by atoms with E-state index < -0.39 is 17.2 Å². The molecule has 76 valence electrons. The molecule has 0 radical (unpaired) electrons. The lowest BCUT2D eigenvalue weighted by atomic mass is 9.86. The van der Waals surface area contributed by atoms with Crippen LogP contribution in [0.1, 0.15) is 5.56 Å². The molecule has 1 aliphatic rings. The number of halogens is 2. The molecule has 0 spiro atoms. The standard InChI is InChI=1S/C10H11F2NO/c1-13-5-10(14,6-13)8-3-2-7(11)4-9(8)12/h2-4,14H,5-6H2,1H3. The second-order valence-corrected chi connectivity index (χ2v) is 3.83. The molecular formula is C10H11F2NO. The average molecular weight is 199 g/mol. The normalized spacial score (nSPS) is 20.6. The first-order valence-electron chi connectivity index (χ1n) is 4.38. The fraction of sp³-hybridized carbons (Fsp3) is 0.400. The molecule has 0 bridgehead atoms. The lowest BCUT2D eigenvalue weighted by Gasteiger charge is -2.44. The number of likely N-dealkylation sites (N-methyl/N-ethyl adjacent to an activating group) is 1. The highest BCUT2D eigenvalue weighted by molar-refractivity contribution is 5.28. The zero-order chi connectivity index (χ0) is 10.3. The molecule has 2 nitrogen and oxygen atoms in total. The number of benzene rings is 1. The summed E-state index contributed by atoms with van der Waals surface area (Å²) in [6.07, 6.45) is 0. The van der Waals surface area contributed by atoms with Crippen LogP contribution in [0.25, 0.3) is 0 Å². The van der Waals surface area contributed by atoms with Gasteiger partial charge in [0.1, 0.15) is 17.2 Å². The van der Waals surface area contributed by atoms with Gasteiger partial charge in [0, 0.05) is 24.7 Å². The first kappa shape index (κ1) is 9.55. The molecule has 1 saturated heterocycles. The van der Waals surface area contributed by atoms with Gasteiger partial charge in [-0.25, -0.2) is 8.78 Å². The quantitative estimate of drug-likeness (QED) is 0.732. The van der Waals surface area contributed by atoms with Gasteiger partial charge in [-0.1, -0.05) is 6.07 Å². The Hall–Kier alpha value is -1.00. The van der Waals surface area contributed by atoms with Crippen molar-refractivity contribution in [1.29, 1.82) is 0 Å². The van der Waals surface area contributed by atoms with Crippen molar-refractivity contribution in [1.82, 2.24) is 4.90 Å². The molecule has 4 heteroatoms. The number of aliphatic hydroxyl groups is 1. The molecule has 1 aromatic carbocycles. The van der Waals surface area contributed by atoms with Crippen LogP contribution in [0.5, 0.6) is 0 Å². The number of β-amino-alcohol motifs (C(OH)–C–C–N with tert-alkyl or cyclic N) is 1. The maximum absolute atomic E-state index is 13.3. The number of rotatable bonds is 1. The molecule has 14 heavy (non-hydrogen) atoms. The van der Waals surface area contributed by atoms with Crippen LogP contribution in [0, 0.1) is 11.6 Å². The molecule has 1 aliphatic heterocycles. The first-order valence-corrected chi connectivity index (χ1v) is 4.38. The van der Waals surface area contributed by atoms with Crippen LogP contribution in [-0.2, 0) is 5.60 Å². The summed E-state index contributed by atoms with van der Waals surface area (Å²) in [4.78, 5) is 1.86. The minimum absolute atomic E-state index is 0.178. The van der Waals surface area contributed by atoms with Crippen LogP contribution >= 0.6 is 0 Å². The Morgan fingerprint density at radius 1 is 1.36 bits per heavy atom. The fourth-order valence-corrected chi connectivity index (χ4v) is 1.88. The van der Waals surface area contributed by atoms with E-state index in [4.69, 9.17) is 0 Å². The maximum atomic E-state index is 13.3. The van der Waals surface area contributed by atoms with Crippen molar-refractivity contribution in [3.05, 3.63) is 35.4 Å². The Kier molecular flexibility index (Phi) is 2.05. The van der Waals surface area contributed by atoms with E-state index in [0.29, 0.717) is 13.1 Å². The molecule has 0 aliphatic carbocycles. The second kappa shape index (κ2) is 3.00. The van der Waals surface area contributed by atoms with Crippen LogP contribution in [0.2, 0.25) is 0 Å². The van der Waals surface area contributed by atoms with Gasteiger partial charge in [-0.05, 0) is 13.1 Å². The van der Waals surface area contributed by atoms with E-state index in [1.807, 2.05) is 11.9 Å². The average Bonchev–Trinajstić information content (AvgIpc) is 2.00. The van der Waals surface area contributed by atoms with Gasteiger partial charge in [0.2, 0.25) is 0 Å². The molecule has 0 unspecified atom stereocenters. The topological polar surface area (TPSA) is 23.5 Å². The summed E-state index contributed by atoms with van der Waals surface area (Å²) in [6, 6.07) is 3.26. The van der Waals surface area contributed by atoms with Crippen LogP contribution < -0.4 is 0 Å². The Labute approximate surface area is 80.8 Å². The van der Waals surface area contributed by atoms with Crippen molar-refractivity contribution in [2.24, 2.45) is 0 Å². The van der Waals surface area contributed by atoms with Gasteiger partial charge in [0.25, 0.3) is 0 Å². The summed E-state index contributed by atoms with van der Waals surface area (Å²) in [5.41, 5.74) is -0.969. The molecule has 0 amide bonds. The number of hydrogen-bond donors (Lipinski definition) is 1. The maximum Gasteiger partial charge on any atom is 0.132 e. The van der Waals surface area contributed by atoms with Gasteiger partial charge in [-0.15, -0.1) is 0 Å². The third-order valence-corrected chi connectivity index (χ3v) is 2.50. The van der Waals surface area contributed by atoms with Crippen LogP contribution in [0.4, 0.5) is 8.78 Å². The third-order valence-electron chi connectivity index (χ3n) is 2.50. The highest BCUT2D eigenvalue weighted by atomic mass is 19.1. The van der Waals surface area contributed by atoms with Gasteiger partial charge in [-0.3, -0.25) is 4.90 Å². The van der Waals surface area contributed by atoms with E-state index in [0.717, 1.165) is 12.1 Å². The van der Waals surface area contributed by atoms with Gasteiger partial charge in [-0.2, -0.15) is 0 Å². The second-order valence-electron chi connectivity index (χ2n) is 3.83. The number of hydrogen-bond acceptors (Lipinski definition) is 2. The van der Waals surface area contributed by atoms with Crippen molar-refractivity contribution in [2.75, 3.05) is 20.1 Å². The zero-order valence-corrected chi connectivity index (χ0v) is 7.80. The van der Waals surface area contributed by atoms with Crippen LogP contribution in [0.3, 0.4) is 0 Å². The molecule has 1 fully saturated rings. The minimum Gasteiger partial charge on any atom is -0.382 e. The lowest BCUT2D eigenvalue weighted by molar-refractivity contribution is -0.0940. The van der Waals surface area contributed by atoms with E-state index in [9.17, 15) is 13.9 Å².